The highest BCUT2D eigenvalue weighted by Crippen LogP contribution is 2.42. The third kappa shape index (κ3) is 8.34. The number of benzene rings is 3. The lowest BCUT2D eigenvalue weighted by molar-refractivity contribution is -0.968. The first-order valence-electron chi connectivity index (χ1n) is 18.4. The zero-order valence-corrected chi connectivity index (χ0v) is 31.7. The van der Waals surface area contributed by atoms with Crippen molar-refractivity contribution in [3.8, 4) is 17.0 Å². The summed E-state index contributed by atoms with van der Waals surface area (Å²) >= 11 is 0. The molecule has 1 aromatic heterocycles. The maximum Gasteiger partial charge on any atom is 0.416 e. The van der Waals surface area contributed by atoms with Gasteiger partial charge in [0.1, 0.15) is 17.2 Å². The fourth-order valence-electron chi connectivity index (χ4n) is 8.11. The quantitative estimate of drug-likeness (QED) is 0.124. The molecule has 2 fully saturated rings. The second kappa shape index (κ2) is 15.7. The summed E-state index contributed by atoms with van der Waals surface area (Å²) < 4.78 is 121. The summed E-state index contributed by atoms with van der Waals surface area (Å²) in [5.41, 5.74) is -1.36. The molecule has 0 aliphatic carbocycles. The van der Waals surface area contributed by atoms with Crippen molar-refractivity contribution < 1.29 is 48.8 Å². The van der Waals surface area contributed by atoms with Gasteiger partial charge in [-0.15, -0.1) is 0 Å². The number of hydrogen-bond acceptors (Lipinski definition) is 6. The Balaban J connectivity index is 1.72. The van der Waals surface area contributed by atoms with E-state index in [0.717, 1.165) is 57.3 Å². The summed E-state index contributed by atoms with van der Waals surface area (Å²) in [4.78, 5) is 19.4. The number of fused-ring (bicyclic) bond motifs is 1. The van der Waals surface area contributed by atoms with Crippen molar-refractivity contribution in [2.45, 2.75) is 87.1 Å². The van der Waals surface area contributed by atoms with Crippen LogP contribution in [0.2, 0.25) is 0 Å². The summed E-state index contributed by atoms with van der Waals surface area (Å²) in [5.74, 6) is -1.30. The van der Waals surface area contributed by atoms with E-state index in [0.29, 0.717) is 17.6 Å². The van der Waals surface area contributed by atoms with Gasteiger partial charge in [0.2, 0.25) is 0 Å². The number of methoxy groups -OCH3 is 1. The van der Waals surface area contributed by atoms with Gasteiger partial charge in [-0.2, -0.15) is 26.3 Å². The van der Waals surface area contributed by atoms with Crippen molar-refractivity contribution in [3.05, 3.63) is 89.0 Å². The molecular weight excluding hydrogens is 747 g/mol. The minimum atomic E-state index is -4.95. The first-order valence-corrected chi connectivity index (χ1v) is 20.0. The van der Waals surface area contributed by atoms with Crippen molar-refractivity contribution in [1.29, 1.82) is 0 Å². The molecule has 2 aliphatic heterocycles. The maximum absolute atomic E-state index is 14.9. The first-order chi connectivity index (χ1) is 26.0. The van der Waals surface area contributed by atoms with Crippen molar-refractivity contribution in [2.75, 3.05) is 33.3 Å². The van der Waals surface area contributed by atoms with Gasteiger partial charge in [-0.3, -0.25) is 4.79 Å². The number of carbonyl (C=O) groups is 1. The molecule has 55 heavy (non-hydrogen) atoms. The van der Waals surface area contributed by atoms with E-state index in [1.807, 2.05) is 0 Å². The topological polar surface area (TPSA) is 97.4 Å². The highest BCUT2D eigenvalue weighted by molar-refractivity contribution is 7.92. The van der Waals surface area contributed by atoms with Gasteiger partial charge in [-0.1, -0.05) is 42.5 Å². The number of carbonyl (C=O) groups excluding carboxylic acids is 1. The number of halogens is 6. The Hall–Kier alpha value is -4.21. The molecule has 0 radical (unpaired) electrons. The number of pyridine rings is 1. The lowest BCUT2D eigenvalue weighted by Crippen LogP contribution is -2.60. The van der Waals surface area contributed by atoms with E-state index in [1.54, 1.807) is 6.07 Å². The Labute approximate surface area is 316 Å². The van der Waals surface area contributed by atoms with Crippen LogP contribution in [0.3, 0.4) is 0 Å². The van der Waals surface area contributed by atoms with Crippen LogP contribution in [0.1, 0.15) is 79.0 Å². The fraction of sp³-hybridized carbons (Fsp3) is 0.450. The van der Waals surface area contributed by atoms with Crippen LogP contribution in [-0.4, -0.2) is 74.5 Å². The molecule has 0 spiro atoms. The summed E-state index contributed by atoms with van der Waals surface area (Å²) in [6.07, 6.45) is -5.50. The van der Waals surface area contributed by atoms with Gasteiger partial charge in [0.15, 0.2) is 15.9 Å². The average Bonchev–Trinajstić information content (AvgIpc) is 3.16. The molecule has 0 bridgehead atoms. The van der Waals surface area contributed by atoms with Crippen molar-refractivity contribution in [1.82, 2.24) is 15.6 Å². The van der Waals surface area contributed by atoms with Crippen LogP contribution in [0, 0.1) is 0 Å². The van der Waals surface area contributed by atoms with E-state index in [9.17, 15) is 39.6 Å². The molecule has 6 rings (SSSR count). The van der Waals surface area contributed by atoms with Crippen molar-refractivity contribution in [2.24, 2.45) is 0 Å². The minimum absolute atomic E-state index is 0.00875. The number of likely N-dealkylation sites (tertiary alicyclic amines) is 1. The Morgan fingerprint density at radius 2 is 1.62 bits per heavy atom. The Bertz CT molecular complexity index is 2130. The third-order valence-electron chi connectivity index (χ3n) is 11.0. The zero-order chi connectivity index (χ0) is 39.8. The largest absolute Gasteiger partial charge is 0.495 e. The number of amides is 1. The first kappa shape index (κ1) is 40.5. The summed E-state index contributed by atoms with van der Waals surface area (Å²) in [5, 5.41) is 4.58. The molecule has 1 amide bonds. The molecule has 1 atom stereocenters. The number of rotatable bonds is 10. The number of nitrogens with zero attached hydrogens (tertiary/aromatic N) is 2. The molecule has 2 saturated heterocycles. The van der Waals surface area contributed by atoms with Gasteiger partial charge in [0, 0.05) is 48.5 Å². The predicted molar refractivity (Wildman–Crippen MR) is 197 cm³/mol. The molecule has 15 heteroatoms. The Morgan fingerprint density at radius 1 is 0.945 bits per heavy atom. The lowest BCUT2D eigenvalue weighted by Gasteiger charge is -2.49. The molecule has 296 valence electrons. The number of quaternary nitrogens is 1. The van der Waals surface area contributed by atoms with Gasteiger partial charge < -0.3 is 19.9 Å². The van der Waals surface area contributed by atoms with Crippen LogP contribution in [0.25, 0.3) is 22.2 Å². The molecule has 8 nitrogen and oxygen atoms in total. The smallest absolute Gasteiger partial charge is 0.416 e. The number of sulfone groups is 1. The standard InChI is InChI=1S/C40H44F6N4O4S/c1-25(2)55(52,53)34-22-30-32(23-33(34)54-3)48-36(27-13-10-14-28(21-27)39(41,42)43)31(24-50(19-8-5-9-20-50)29-15-17-47-18-16-29)35(30)38(51)49-37(40(44,45)46)26-11-6-4-7-12-26/h4,6-7,10-14,21-23,25,29,37,47H,5,8-9,15-20,24H2,1-3H3/p+1/t37-/m1/s1. The number of aromatic nitrogens is 1. The molecule has 2 aliphatic rings. The fourth-order valence-corrected chi connectivity index (χ4v) is 9.32. The highest BCUT2D eigenvalue weighted by Gasteiger charge is 2.45. The molecule has 3 heterocycles. The van der Waals surface area contributed by atoms with Crippen LogP contribution in [-0.2, 0) is 22.6 Å². The Kier molecular flexibility index (Phi) is 11.6. The van der Waals surface area contributed by atoms with Crippen LogP contribution in [0.4, 0.5) is 26.3 Å². The summed E-state index contributed by atoms with van der Waals surface area (Å²) in [6, 6.07) is 11.4. The molecule has 2 N–H and O–H groups in total. The lowest BCUT2D eigenvalue weighted by atomic mass is 9.90. The van der Waals surface area contributed by atoms with Crippen LogP contribution < -0.4 is 15.4 Å². The molecule has 3 aromatic carbocycles. The summed E-state index contributed by atoms with van der Waals surface area (Å²) in [7, 11) is -2.85. The van der Waals surface area contributed by atoms with Gasteiger partial charge in [0.25, 0.3) is 5.91 Å². The van der Waals surface area contributed by atoms with Crippen LogP contribution in [0.5, 0.6) is 5.75 Å². The van der Waals surface area contributed by atoms with Gasteiger partial charge >= 0.3 is 12.4 Å². The highest BCUT2D eigenvalue weighted by atomic mass is 32.2. The molecule has 0 saturated carbocycles. The minimum Gasteiger partial charge on any atom is -0.495 e. The van der Waals surface area contributed by atoms with E-state index in [2.05, 4.69) is 10.6 Å². The van der Waals surface area contributed by atoms with Crippen molar-refractivity contribution in [3.63, 3.8) is 0 Å². The van der Waals surface area contributed by atoms with E-state index in [-0.39, 0.29) is 62.1 Å². The van der Waals surface area contributed by atoms with E-state index >= 15 is 0 Å². The number of alkyl halides is 6. The molecule has 0 unspecified atom stereocenters. The number of nitrogens with one attached hydrogen (secondary N) is 2. The van der Waals surface area contributed by atoms with Gasteiger partial charge in [-0.25, -0.2) is 13.4 Å². The Morgan fingerprint density at radius 3 is 2.22 bits per heavy atom. The van der Waals surface area contributed by atoms with Gasteiger partial charge in [-0.05, 0) is 56.9 Å². The van der Waals surface area contributed by atoms with E-state index in [1.165, 1.54) is 69.5 Å². The monoisotopic (exact) mass is 791 g/mol. The average molecular weight is 792 g/mol. The van der Waals surface area contributed by atoms with E-state index < -0.39 is 45.0 Å². The van der Waals surface area contributed by atoms with Gasteiger partial charge in [0.05, 0.1) is 53.8 Å². The SMILES string of the molecule is COc1cc2nc(-c3cccc(C(F)(F)F)c3)c(C[N+]3(C4CCNCC4)CCCCC3)c(C(=O)N[C@H](c3ccccc3)C(F)(F)F)c2cc1S(=O)(=O)C(C)C. The molecule has 4 aromatic rings. The van der Waals surface area contributed by atoms with Crippen LogP contribution in [0.15, 0.2) is 71.6 Å². The van der Waals surface area contributed by atoms with E-state index in [4.69, 9.17) is 9.72 Å². The third-order valence-corrected chi connectivity index (χ3v) is 13.2. The zero-order valence-electron chi connectivity index (χ0n) is 30.9. The normalized spacial score (nSPS) is 17.6. The second-order valence-corrected chi connectivity index (χ2v) is 17.2. The van der Waals surface area contributed by atoms with Crippen LogP contribution >= 0.6 is 0 Å². The maximum atomic E-state index is 14.9. The second-order valence-electron chi connectivity index (χ2n) is 14.7. The molecular formula is C40H45F6N4O4S+. The number of piperidine rings is 2. The summed E-state index contributed by atoms with van der Waals surface area (Å²) in [6.45, 7) is 5.81. The number of hydrogen-bond donors (Lipinski definition) is 2. The predicted octanol–water partition coefficient (Wildman–Crippen LogP) is 8.40. The van der Waals surface area contributed by atoms with Crippen molar-refractivity contribution >= 4 is 26.6 Å². The number of ether oxygens (including phenoxy) is 1.